The molecule has 0 aromatic heterocycles. The van der Waals surface area contributed by atoms with Gasteiger partial charge in [0.05, 0.1) is 0 Å². The van der Waals surface area contributed by atoms with Crippen molar-refractivity contribution in [3.63, 3.8) is 0 Å². The summed E-state index contributed by atoms with van der Waals surface area (Å²) in [6.07, 6.45) is 1.69. The molecule has 0 unspecified atom stereocenters. The van der Waals surface area contributed by atoms with E-state index < -0.39 is 0 Å². The maximum Gasteiger partial charge on any atom is 1.00 e. The minimum atomic E-state index is 0. The van der Waals surface area contributed by atoms with Crippen LogP contribution in [-0.2, 0) is 17.1 Å². The zero-order chi connectivity index (χ0) is 2.00. The molecular formula is CH4BrCuS. The van der Waals surface area contributed by atoms with Gasteiger partial charge in [-0.15, -0.1) is 0 Å². The van der Waals surface area contributed by atoms with Crippen molar-refractivity contribution >= 4 is 12.6 Å². The van der Waals surface area contributed by atoms with Gasteiger partial charge in [-0.1, -0.05) is 0 Å². The number of rotatable bonds is 0. The molecule has 0 aliphatic rings. The molecule has 32 valence electrons. The third-order valence-corrected chi connectivity index (χ3v) is 0. The van der Waals surface area contributed by atoms with Gasteiger partial charge in [-0.3, -0.25) is 0 Å². The summed E-state index contributed by atoms with van der Waals surface area (Å²) in [6, 6.07) is 0. The number of halogens is 1. The molecule has 0 rings (SSSR count). The Bertz CT molecular complexity index is 8.00. The molecule has 0 atom stereocenters. The van der Waals surface area contributed by atoms with Crippen molar-refractivity contribution in [3.05, 3.63) is 0 Å². The first-order chi connectivity index (χ1) is 1.00. The SMILES string of the molecule is CS.[Br-].[Cu+]. The third kappa shape index (κ3) is 10.2. The van der Waals surface area contributed by atoms with Gasteiger partial charge in [0.2, 0.25) is 0 Å². The largest absolute Gasteiger partial charge is 1.00 e. The van der Waals surface area contributed by atoms with Crippen molar-refractivity contribution in [2.75, 3.05) is 6.26 Å². The van der Waals surface area contributed by atoms with Crippen LogP contribution in [-0.4, -0.2) is 6.26 Å². The molecule has 0 spiro atoms. The summed E-state index contributed by atoms with van der Waals surface area (Å²) in [5.74, 6) is 0. The summed E-state index contributed by atoms with van der Waals surface area (Å²) in [5.41, 5.74) is 0. The summed E-state index contributed by atoms with van der Waals surface area (Å²) in [5, 5.41) is 0. The molecule has 0 aromatic carbocycles. The van der Waals surface area contributed by atoms with Crippen LogP contribution < -0.4 is 17.0 Å². The Balaban J connectivity index is -0.00000000500. The summed E-state index contributed by atoms with van der Waals surface area (Å²) >= 11 is 3.53. The molecule has 0 aromatic rings. The Morgan fingerprint density at radius 3 is 1.25 bits per heavy atom. The third-order valence-electron chi connectivity index (χ3n) is 0. The first kappa shape index (κ1) is 18.3. The molecule has 0 N–H and O–H groups in total. The van der Waals surface area contributed by atoms with Crippen LogP contribution in [0.4, 0.5) is 0 Å². The molecule has 0 aliphatic heterocycles. The minimum absolute atomic E-state index is 0. The van der Waals surface area contributed by atoms with Gasteiger partial charge in [0.25, 0.3) is 0 Å². The molecule has 0 saturated heterocycles. The normalized spacial score (nSPS) is 1.50. The average molecular weight is 192 g/mol. The number of thiol groups is 1. The average Bonchev–Trinajstić information content (AvgIpc) is 1.00. The molecule has 0 bridgehead atoms. The molecule has 3 heteroatoms. The monoisotopic (exact) mass is 190 g/mol. The summed E-state index contributed by atoms with van der Waals surface area (Å²) in [7, 11) is 0. The molecule has 4 heavy (non-hydrogen) atoms. The van der Waals surface area contributed by atoms with E-state index in [0.29, 0.717) is 0 Å². The Morgan fingerprint density at radius 2 is 1.25 bits per heavy atom. The van der Waals surface area contributed by atoms with Gasteiger partial charge < -0.3 is 17.0 Å². The fraction of sp³-hybridized carbons (Fsp3) is 1.00. The van der Waals surface area contributed by atoms with Gasteiger partial charge in [-0.05, 0) is 6.26 Å². The van der Waals surface area contributed by atoms with E-state index in [1.165, 1.54) is 0 Å². The predicted molar refractivity (Wildman–Crippen MR) is 14.9 cm³/mol. The van der Waals surface area contributed by atoms with E-state index in [0.717, 1.165) is 0 Å². The summed E-state index contributed by atoms with van der Waals surface area (Å²) < 4.78 is 0. The van der Waals surface area contributed by atoms with E-state index in [-0.39, 0.29) is 34.1 Å². The van der Waals surface area contributed by atoms with E-state index >= 15 is 0 Å². The number of hydrogen-bond donors (Lipinski definition) is 1. The molecule has 0 heterocycles. The second-order valence-corrected chi connectivity index (χ2v) is 0. The molecular weight excluding hydrogens is 188 g/mol. The Hall–Kier alpha value is 1.35. The zero-order valence-corrected chi connectivity index (χ0v) is 5.55. The molecule has 0 fully saturated rings. The fourth-order valence-electron chi connectivity index (χ4n) is 0. The van der Waals surface area contributed by atoms with Crippen LogP contribution in [0.25, 0.3) is 0 Å². The van der Waals surface area contributed by atoms with E-state index in [4.69, 9.17) is 0 Å². The van der Waals surface area contributed by atoms with Crippen molar-refractivity contribution < 1.29 is 34.1 Å². The van der Waals surface area contributed by atoms with Crippen molar-refractivity contribution in [1.29, 1.82) is 0 Å². The standard InChI is InChI=1S/CH4S.BrH.Cu/c1-2;;/h2H,1H3;1H;/q;;+1/p-1. The van der Waals surface area contributed by atoms with Crippen LogP contribution in [0.3, 0.4) is 0 Å². The van der Waals surface area contributed by atoms with Crippen LogP contribution in [0.1, 0.15) is 0 Å². The van der Waals surface area contributed by atoms with Crippen molar-refractivity contribution in [3.8, 4) is 0 Å². The van der Waals surface area contributed by atoms with Gasteiger partial charge >= 0.3 is 17.1 Å². The number of hydrogen-bond acceptors (Lipinski definition) is 1. The first-order valence-electron chi connectivity index (χ1n) is 0.447. The van der Waals surface area contributed by atoms with Crippen molar-refractivity contribution in [2.24, 2.45) is 0 Å². The Labute approximate surface area is 53.0 Å². The molecule has 0 radical (unpaired) electrons. The maximum atomic E-state index is 3.53. The molecule has 0 amide bonds. The van der Waals surface area contributed by atoms with E-state index in [1.807, 2.05) is 0 Å². The second kappa shape index (κ2) is 26.8. The van der Waals surface area contributed by atoms with E-state index in [9.17, 15) is 0 Å². The summed E-state index contributed by atoms with van der Waals surface area (Å²) in [4.78, 5) is 0. The quantitative estimate of drug-likeness (QED) is 0.319. The Morgan fingerprint density at radius 1 is 1.25 bits per heavy atom. The van der Waals surface area contributed by atoms with Crippen molar-refractivity contribution in [1.82, 2.24) is 0 Å². The fourth-order valence-corrected chi connectivity index (χ4v) is 0. The van der Waals surface area contributed by atoms with Crippen LogP contribution in [0.2, 0.25) is 0 Å². The van der Waals surface area contributed by atoms with E-state index in [2.05, 4.69) is 12.6 Å². The van der Waals surface area contributed by atoms with Gasteiger partial charge in [0, 0.05) is 0 Å². The predicted octanol–water partition coefficient (Wildman–Crippen LogP) is -2.45. The topological polar surface area (TPSA) is 0 Å². The first-order valence-corrected chi connectivity index (χ1v) is 1.34. The van der Waals surface area contributed by atoms with Crippen LogP contribution >= 0.6 is 12.6 Å². The van der Waals surface area contributed by atoms with Gasteiger partial charge in [-0.2, -0.15) is 12.6 Å². The van der Waals surface area contributed by atoms with E-state index in [1.54, 1.807) is 6.26 Å². The van der Waals surface area contributed by atoms with Crippen LogP contribution in [0.5, 0.6) is 0 Å². The zero-order valence-electron chi connectivity index (χ0n) is 2.13. The van der Waals surface area contributed by atoms with Gasteiger partial charge in [0.1, 0.15) is 0 Å². The maximum absolute atomic E-state index is 3.53. The van der Waals surface area contributed by atoms with Crippen LogP contribution in [0.15, 0.2) is 0 Å². The van der Waals surface area contributed by atoms with Crippen LogP contribution in [0, 0.1) is 0 Å². The smallest absolute Gasteiger partial charge is 1.00 e. The summed E-state index contributed by atoms with van der Waals surface area (Å²) in [6.45, 7) is 0. The van der Waals surface area contributed by atoms with Crippen molar-refractivity contribution in [2.45, 2.75) is 0 Å². The molecule has 0 saturated carbocycles. The molecule has 0 aliphatic carbocycles. The van der Waals surface area contributed by atoms with Gasteiger partial charge in [0.15, 0.2) is 0 Å². The Kier molecular flexibility index (Phi) is 123. The molecule has 0 nitrogen and oxygen atoms in total. The second-order valence-electron chi connectivity index (χ2n) is 0. The minimum Gasteiger partial charge on any atom is -1.00 e. The van der Waals surface area contributed by atoms with Gasteiger partial charge in [-0.25, -0.2) is 0 Å².